The molecule has 0 N–H and O–H groups in total. The van der Waals surface area contributed by atoms with Gasteiger partial charge in [-0.05, 0) is 68.6 Å². The van der Waals surface area contributed by atoms with Crippen LogP contribution in [0.15, 0.2) is 38.6 Å². The van der Waals surface area contributed by atoms with Gasteiger partial charge in [0.25, 0.3) is 0 Å². The van der Waals surface area contributed by atoms with E-state index in [2.05, 4.69) is 72.1 Å². The van der Waals surface area contributed by atoms with Crippen LogP contribution in [0.25, 0.3) is 0 Å². The minimum Gasteiger partial charge on any atom is -0.493 e. The van der Waals surface area contributed by atoms with Crippen LogP contribution in [0, 0.1) is 0 Å². The zero-order valence-corrected chi connectivity index (χ0v) is 15.2. The van der Waals surface area contributed by atoms with Crippen molar-refractivity contribution in [1.82, 2.24) is 0 Å². The second-order valence-corrected chi connectivity index (χ2v) is 7.89. The molecule has 0 saturated heterocycles. The summed E-state index contributed by atoms with van der Waals surface area (Å²) in [7, 11) is 0. The standard InChI is InChI=1S/C13H11Br3OS/c1-2-17-10-4-3-8(7-9(10)14)13(16)11-5-6-12(15)18-11/h3-7,13H,2H2,1H3. The Morgan fingerprint density at radius 2 is 2.00 bits per heavy atom. The fraction of sp³-hybridized carbons (Fsp3) is 0.231. The van der Waals surface area contributed by atoms with E-state index in [1.807, 2.05) is 13.0 Å². The Labute approximate surface area is 136 Å². The summed E-state index contributed by atoms with van der Waals surface area (Å²) in [6.07, 6.45) is 0. The largest absolute Gasteiger partial charge is 0.493 e. The molecule has 0 saturated carbocycles. The molecule has 1 heterocycles. The van der Waals surface area contributed by atoms with E-state index >= 15 is 0 Å². The number of ether oxygens (including phenoxy) is 1. The van der Waals surface area contributed by atoms with Crippen LogP contribution < -0.4 is 4.74 Å². The summed E-state index contributed by atoms with van der Waals surface area (Å²) in [4.78, 5) is 1.48. The van der Waals surface area contributed by atoms with Gasteiger partial charge in [0.1, 0.15) is 5.75 Å². The number of hydrogen-bond donors (Lipinski definition) is 0. The Hall–Kier alpha value is 0.160. The highest BCUT2D eigenvalue weighted by Crippen LogP contribution is 2.39. The first-order valence-electron chi connectivity index (χ1n) is 5.43. The molecule has 1 aromatic carbocycles. The lowest BCUT2D eigenvalue weighted by molar-refractivity contribution is 0.338. The van der Waals surface area contributed by atoms with Gasteiger partial charge < -0.3 is 4.74 Å². The zero-order valence-electron chi connectivity index (χ0n) is 9.62. The number of thiophene rings is 1. The van der Waals surface area contributed by atoms with Crippen LogP contribution in [-0.4, -0.2) is 6.61 Å². The SMILES string of the molecule is CCOc1ccc(C(Br)c2ccc(Br)s2)cc1Br. The Bertz CT molecular complexity index is 539. The van der Waals surface area contributed by atoms with Crippen molar-refractivity contribution < 1.29 is 4.74 Å². The summed E-state index contributed by atoms with van der Waals surface area (Å²) in [6, 6.07) is 10.4. The average Bonchev–Trinajstić information content (AvgIpc) is 2.78. The molecule has 1 atom stereocenters. The van der Waals surface area contributed by atoms with Crippen LogP contribution >= 0.6 is 59.1 Å². The van der Waals surface area contributed by atoms with Crippen LogP contribution in [0.2, 0.25) is 0 Å². The molecule has 1 aromatic heterocycles. The minimum atomic E-state index is 0.209. The van der Waals surface area contributed by atoms with Crippen molar-refractivity contribution in [3.63, 3.8) is 0 Å². The molecule has 0 aliphatic rings. The van der Waals surface area contributed by atoms with E-state index in [0.717, 1.165) is 14.0 Å². The van der Waals surface area contributed by atoms with Gasteiger partial charge in [0.05, 0.1) is 19.7 Å². The first-order chi connectivity index (χ1) is 8.61. The van der Waals surface area contributed by atoms with Gasteiger partial charge in [0.2, 0.25) is 0 Å². The first kappa shape index (κ1) is 14.6. The molecule has 1 nitrogen and oxygen atoms in total. The van der Waals surface area contributed by atoms with Crippen LogP contribution in [0.5, 0.6) is 5.75 Å². The lowest BCUT2D eigenvalue weighted by Crippen LogP contribution is -1.95. The maximum atomic E-state index is 5.51. The highest BCUT2D eigenvalue weighted by Gasteiger charge is 2.14. The van der Waals surface area contributed by atoms with E-state index in [9.17, 15) is 0 Å². The van der Waals surface area contributed by atoms with Gasteiger partial charge in [-0.2, -0.15) is 0 Å². The molecule has 96 valence electrons. The van der Waals surface area contributed by atoms with Gasteiger partial charge in [0, 0.05) is 4.88 Å². The lowest BCUT2D eigenvalue weighted by Gasteiger charge is -2.11. The van der Waals surface area contributed by atoms with E-state index in [0.29, 0.717) is 6.61 Å². The highest BCUT2D eigenvalue weighted by molar-refractivity contribution is 9.11. The molecule has 0 amide bonds. The number of alkyl halides is 1. The molecule has 0 bridgehead atoms. The maximum Gasteiger partial charge on any atom is 0.133 e. The predicted octanol–water partition coefficient (Wildman–Crippen LogP) is 6.16. The third kappa shape index (κ3) is 3.38. The van der Waals surface area contributed by atoms with Crippen molar-refractivity contribution in [2.24, 2.45) is 0 Å². The predicted molar refractivity (Wildman–Crippen MR) is 88.1 cm³/mol. The van der Waals surface area contributed by atoms with Crippen LogP contribution in [0.4, 0.5) is 0 Å². The second kappa shape index (κ2) is 6.55. The van der Waals surface area contributed by atoms with E-state index < -0.39 is 0 Å². The van der Waals surface area contributed by atoms with Crippen LogP contribution in [0.3, 0.4) is 0 Å². The molecule has 0 fully saturated rings. The van der Waals surface area contributed by atoms with E-state index in [1.165, 1.54) is 10.4 Å². The number of rotatable bonds is 4. The normalized spacial score (nSPS) is 12.4. The monoisotopic (exact) mass is 452 g/mol. The summed E-state index contributed by atoms with van der Waals surface area (Å²) in [5, 5.41) is 0. The lowest BCUT2D eigenvalue weighted by atomic mass is 10.1. The maximum absolute atomic E-state index is 5.51. The Morgan fingerprint density at radius 3 is 2.56 bits per heavy atom. The van der Waals surface area contributed by atoms with Gasteiger partial charge in [-0.3, -0.25) is 0 Å². The topological polar surface area (TPSA) is 9.23 Å². The summed E-state index contributed by atoms with van der Waals surface area (Å²) < 4.78 is 7.65. The zero-order chi connectivity index (χ0) is 13.1. The summed E-state index contributed by atoms with van der Waals surface area (Å²) in [5.41, 5.74) is 1.21. The molecular weight excluding hydrogens is 444 g/mol. The fourth-order valence-electron chi connectivity index (χ4n) is 1.58. The van der Waals surface area contributed by atoms with Crippen molar-refractivity contribution >= 4 is 59.1 Å². The summed E-state index contributed by atoms with van der Waals surface area (Å²) >= 11 is 12.5. The highest BCUT2D eigenvalue weighted by atomic mass is 79.9. The molecular formula is C13H11Br3OS. The van der Waals surface area contributed by atoms with E-state index in [4.69, 9.17) is 4.74 Å². The third-order valence-corrected chi connectivity index (χ3v) is 6.03. The van der Waals surface area contributed by atoms with Gasteiger partial charge in [0.15, 0.2) is 0 Å². The Balaban J connectivity index is 2.26. The number of hydrogen-bond acceptors (Lipinski definition) is 2. The van der Waals surface area contributed by atoms with E-state index in [-0.39, 0.29) is 4.83 Å². The molecule has 0 radical (unpaired) electrons. The molecule has 2 rings (SSSR count). The molecule has 5 heteroatoms. The van der Waals surface area contributed by atoms with Crippen LogP contribution in [-0.2, 0) is 0 Å². The molecule has 0 aliphatic heterocycles. The quantitative estimate of drug-likeness (QED) is 0.503. The molecule has 1 unspecified atom stereocenters. The first-order valence-corrected chi connectivity index (χ1v) is 8.75. The minimum absolute atomic E-state index is 0.209. The van der Waals surface area contributed by atoms with Crippen LogP contribution in [0.1, 0.15) is 22.2 Å². The number of halogens is 3. The smallest absolute Gasteiger partial charge is 0.133 e. The van der Waals surface area contributed by atoms with Crippen molar-refractivity contribution in [3.8, 4) is 5.75 Å². The summed E-state index contributed by atoms with van der Waals surface area (Å²) in [6.45, 7) is 2.66. The molecule has 0 spiro atoms. The van der Waals surface area contributed by atoms with Gasteiger partial charge in [-0.1, -0.05) is 22.0 Å². The van der Waals surface area contributed by atoms with Gasteiger partial charge in [-0.25, -0.2) is 0 Å². The number of benzene rings is 1. The molecule has 0 aliphatic carbocycles. The van der Waals surface area contributed by atoms with Crippen molar-refractivity contribution in [1.29, 1.82) is 0 Å². The van der Waals surface area contributed by atoms with Crippen molar-refractivity contribution in [3.05, 3.63) is 49.0 Å². The van der Waals surface area contributed by atoms with E-state index in [1.54, 1.807) is 11.3 Å². The molecule has 18 heavy (non-hydrogen) atoms. The Kier molecular flexibility index (Phi) is 5.30. The molecule has 2 aromatic rings. The Morgan fingerprint density at radius 1 is 1.22 bits per heavy atom. The third-order valence-electron chi connectivity index (χ3n) is 2.39. The van der Waals surface area contributed by atoms with Gasteiger partial charge >= 0.3 is 0 Å². The average molecular weight is 455 g/mol. The van der Waals surface area contributed by atoms with Gasteiger partial charge in [-0.15, -0.1) is 11.3 Å². The summed E-state index contributed by atoms with van der Waals surface area (Å²) in [5.74, 6) is 0.883. The fourth-order valence-corrected chi connectivity index (χ4v) is 4.23. The second-order valence-electron chi connectivity index (χ2n) is 3.63. The van der Waals surface area contributed by atoms with Crippen molar-refractivity contribution in [2.75, 3.05) is 6.61 Å². The van der Waals surface area contributed by atoms with Crippen molar-refractivity contribution in [2.45, 2.75) is 11.8 Å².